The second kappa shape index (κ2) is 8.13. The Morgan fingerprint density at radius 2 is 1.89 bits per heavy atom. The fraction of sp³-hybridized carbons (Fsp3) is 0.368. The third-order valence-corrected chi connectivity index (χ3v) is 4.29. The number of carbonyl (C=O) groups excluding carboxylic acids is 3. The molecule has 0 saturated carbocycles. The molecule has 0 saturated heterocycles. The Kier molecular flexibility index (Phi) is 6.12. The molecule has 0 aliphatic carbocycles. The standard InChI is InChI=1S/C19H25N5O3/c1-19(2,18(21)27)23-17(26)14(8-6-10-20)22-16(25)13-11-24(3)15-9-5-4-7-12(13)15/h4-5,7,9,11H,6,8,10,20H2,1-3H3,(H2,21,27)(H,23,26)/b22-14+. The maximum absolute atomic E-state index is 12.7. The van der Waals surface area contributed by atoms with Gasteiger partial charge in [-0.1, -0.05) is 18.2 Å². The molecule has 0 unspecified atom stereocenters. The molecule has 5 N–H and O–H groups in total. The van der Waals surface area contributed by atoms with Crippen LogP contribution in [0.15, 0.2) is 35.5 Å². The molecular formula is C19H25N5O3. The van der Waals surface area contributed by atoms with E-state index in [1.807, 2.05) is 35.9 Å². The second-order valence-electron chi connectivity index (χ2n) is 6.87. The van der Waals surface area contributed by atoms with Crippen LogP contribution in [-0.2, 0) is 16.6 Å². The predicted molar refractivity (Wildman–Crippen MR) is 104 cm³/mol. The van der Waals surface area contributed by atoms with Gasteiger partial charge in [0.05, 0.1) is 5.56 Å². The van der Waals surface area contributed by atoms with Crippen molar-refractivity contribution >= 4 is 34.3 Å². The molecule has 1 aromatic heterocycles. The molecule has 0 aliphatic rings. The van der Waals surface area contributed by atoms with E-state index in [1.54, 1.807) is 6.20 Å². The number of amides is 3. The van der Waals surface area contributed by atoms with Crippen LogP contribution in [0.5, 0.6) is 0 Å². The van der Waals surface area contributed by atoms with Crippen LogP contribution in [-0.4, -0.2) is 40.1 Å². The van der Waals surface area contributed by atoms with E-state index < -0.39 is 23.3 Å². The van der Waals surface area contributed by atoms with E-state index in [2.05, 4.69) is 10.3 Å². The van der Waals surface area contributed by atoms with Crippen molar-refractivity contribution < 1.29 is 14.4 Å². The molecule has 0 bridgehead atoms. The van der Waals surface area contributed by atoms with Crippen LogP contribution < -0.4 is 16.8 Å². The van der Waals surface area contributed by atoms with Gasteiger partial charge in [-0.25, -0.2) is 4.99 Å². The SMILES string of the molecule is Cn1cc(C(=O)/N=C(\CCCN)C(=O)NC(C)(C)C(N)=O)c2ccccc21. The zero-order valence-electron chi connectivity index (χ0n) is 15.8. The van der Waals surface area contributed by atoms with Crippen LogP contribution >= 0.6 is 0 Å². The second-order valence-corrected chi connectivity index (χ2v) is 6.87. The molecule has 1 heterocycles. The van der Waals surface area contributed by atoms with Crippen molar-refractivity contribution in [3.63, 3.8) is 0 Å². The highest BCUT2D eigenvalue weighted by molar-refractivity contribution is 6.41. The molecule has 144 valence electrons. The number of rotatable bonds is 7. The van der Waals surface area contributed by atoms with Gasteiger partial charge in [0.1, 0.15) is 11.3 Å². The first-order valence-corrected chi connectivity index (χ1v) is 8.66. The lowest BCUT2D eigenvalue weighted by molar-refractivity contribution is -0.127. The third kappa shape index (κ3) is 4.59. The summed E-state index contributed by atoms with van der Waals surface area (Å²) in [6, 6.07) is 7.44. The Morgan fingerprint density at radius 3 is 2.52 bits per heavy atom. The van der Waals surface area contributed by atoms with E-state index in [1.165, 1.54) is 13.8 Å². The molecule has 0 spiro atoms. The first kappa shape index (κ1) is 20.3. The fourth-order valence-corrected chi connectivity index (χ4v) is 2.60. The van der Waals surface area contributed by atoms with E-state index in [4.69, 9.17) is 11.5 Å². The van der Waals surface area contributed by atoms with Crippen molar-refractivity contribution in [1.82, 2.24) is 9.88 Å². The average molecular weight is 371 g/mol. The summed E-state index contributed by atoms with van der Waals surface area (Å²) >= 11 is 0. The van der Waals surface area contributed by atoms with E-state index in [9.17, 15) is 14.4 Å². The van der Waals surface area contributed by atoms with Crippen molar-refractivity contribution in [3.8, 4) is 0 Å². The van der Waals surface area contributed by atoms with Crippen molar-refractivity contribution in [3.05, 3.63) is 36.0 Å². The van der Waals surface area contributed by atoms with Crippen LogP contribution in [0.25, 0.3) is 10.9 Å². The minimum absolute atomic E-state index is 0.0210. The normalized spacial score (nSPS) is 12.2. The highest BCUT2D eigenvalue weighted by Crippen LogP contribution is 2.21. The number of aliphatic imine (C=N–C) groups is 1. The monoisotopic (exact) mass is 371 g/mol. The van der Waals surface area contributed by atoms with Crippen LogP contribution in [0.2, 0.25) is 0 Å². The topological polar surface area (TPSA) is 133 Å². The average Bonchev–Trinajstić information content (AvgIpc) is 2.95. The number of hydrogen-bond acceptors (Lipinski definition) is 4. The maximum Gasteiger partial charge on any atom is 0.279 e. The van der Waals surface area contributed by atoms with E-state index in [-0.39, 0.29) is 12.1 Å². The van der Waals surface area contributed by atoms with Gasteiger partial charge in [0.2, 0.25) is 5.91 Å². The summed E-state index contributed by atoms with van der Waals surface area (Å²) in [6.07, 6.45) is 2.38. The largest absolute Gasteiger partial charge is 0.368 e. The molecule has 2 rings (SSSR count). The Hall–Kier alpha value is -3.00. The number of primary amides is 1. The Bertz CT molecular complexity index is 911. The molecule has 8 heteroatoms. The van der Waals surface area contributed by atoms with Gasteiger partial charge < -0.3 is 21.4 Å². The smallest absolute Gasteiger partial charge is 0.279 e. The summed E-state index contributed by atoms with van der Waals surface area (Å²) in [7, 11) is 1.83. The lowest BCUT2D eigenvalue weighted by Crippen LogP contribution is -2.54. The summed E-state index contributed by atoms with van der Waals surface area (Å²) in [5.41, 5.74) is 10.9. The zero-order valence-corrected chi connectivity index (χ0v) is 15.8. The number of para-hydroxylation sites is 1. The quantitative estimate of drug-likeness (QED) is 0.623. The number of aryl methyl sites for hydroxylation is 1. The van der Waals surface area contributed by atoms with Crippen molar-refractivity contribution in [2.45, 2.75) is 32.2 Å². The molecule has 3 amide bonds. The minimum atomic E-state index is -1.26. The fourth-order valence-electron chi connectivity index (χ4n) is 2.60. The lowest BCUT2D eigenvalue weighted by atomic mass is 10.0. The molecule has 1 aromatic carbocycles. The zero-order chi connectivity index (χ0) is 20.2. The van der Waals surface area contributed by atoms with Gasteiger partial charge in [0.15, 0.2) is 0 Å². The minimum Gasteiger partial charge on any atom is -0.368 e. The number of carbonyl (C=O) groups is 3. The van der Waals surface area contributed by atoms with E-state index >= 15 is 0 Å². The summed E-state index contributed by atoms with van der Waals surface area (Å²) in [6.45, 7) is 3.31. The predicted octanol–water partition coefficient (Wildman–Crippen LogP) is 0.879. The van der Waals surface area contributed by atoms with Crippen molar-refractivity contribution in [1.29, 1.82) is 0 Å². The number of nitrogens with zero attached hydrogens (tertiary/aromatic N) is 2. The van der Waals surface area contributed by atoms with Crippen LogP contribution in [0.1, 0.15) is 37.0 Å². The Labute approximate surface area is 157 Å². The summed E-state index contributed by atoms with van der Waals surface area (Å²) in [5, 5.41) is 3.28. The Balaban J connectivity index is 2.37. The van der Waals surface area contributed by atoms with Gasteiger partial charge in [0, 0.05) is 24.1 Å². The van der Waals surface area contributed by atoms with Crippen molar-refractivity contribution in [2.75, 3.05) is 6.54 Å². The van der Waals surface area contributed by atoms with Gasteiger partial charge in [-0.05, 0) is 39.3 Å². The molecule has 0 atom stereocenters. The van der Waals surface area contributed by atoms with E-state index in [0.29, 0.717) is 18.5 Å². The van der Waals surface area contributed by atoms with E-state index in [0.717, 1.165) is 10.9 Å². The van der Waals surface area contributed by atoms with Gasteiger partial charge in [-0.15, -0.1) is 0 Å². The molecule has 2 aromatic rings. The molecule has 27 heavy (non-hydrogen) atoms. The van der Waals surface area contributed by atoms with Crippen LogP contribution in [0, 0.1) is 0 Å². The van der Waals surface area contributed by atoms with Gasteiger partial charge in [-0.3, -0.25) is 14.4 Å². The molecule has 0 aliphatic heterocycles. The molecule has 0 fully saturated rings. The number of hydrogen-bond donors (Lipinski definition) is 3. The highest BCUT2D eigenvalue weighted by atomic mass is 16.2. The van der Waals surface area contributed by atoms with Crippen LogP contribution in [0.4, 0.5) is 0 Å². The summed E-state index contributed by atoms with van der Waals surface area (Å²) < 4.78 is 1.83. The number of nitrogens with one attached hydrogen (secondary N) is 1. The van der Waals surface area contributed by atoms with Gasteiger partial charge in [-0.2, -0.15) is 0 Å². The number of nitrogens with two attached hydrogens (primary N) is 2. The Morgan fingerprint density at radius 1 is 1.22 bits per heavy atom. The molecular weight excluding hydrogens is 346 g/mol. The highest BCUT2D eigenvalue weighted by Gasteiger charge is 2.29. The molecule has 0 radical (unpaired) electrons. The molecule has 8 nitrogen and oxygen atoms in total. The number of benzene rings is 1. The van der Waals surface area contributed by atoms with Gasteiger partial charge >= 0.3 is 0 Å². The first-order chi connectivity index (χ1) is 12.7. The summed E-state index contributed by atoms with van der Waals surface area (Å²) in [4.78, 5) is 40.8. The number of fused-ring (bicyclic) bond motifs is 1. The maximum atomic E-state index is 12.7. The van der Waals surface area contributed by atoms with Crippen molar-refractivity contribution in [2.24, 2.45) is 23.5 Å². The van der Waals surface area contributed by atoms with Crippen LogP contribution in [0.3, 0.4) is 0 Å². The lowest BCUT2D eigenvalue weighted by Gasteiger charge is -2.22. The third-order valence-electron chi connectivity index (χ3n) is 4.29. The number of aromatic nitrogens is 1. The summed E-state index contributed by atoms with van der Waals surface area (Å²) in [5.74, 6) is -1.82. The first-order valence-electron chi connectivity index (χ1n) is 8.66. The van der Waals surface area contributed by atoms with Gasteiger partial charge in [0.25, 0.3) is 11.8 Å².